The maximum Gasteiger partial charge on any atom is 0.318 e. The number of urea groups is 1. The molecule has 0 spiro atoms. The van der Waals surface area contributed by atoms with E-state index < -0.39 is 0 Å². The Hall–Kier alpha value is -2.04. The molecule has 0 aromatic heterocycles. The van der Waals surface area contributed by atoms with Crippen LogP contribution in [-0.2, 0) is 11.3 Å². The van der Waals surface area contributed by atoms with Crippen molar-refractivity contribution in [1.82, 2.24) is 15.1 Å². The van der Waals surface area contributed by atoms with E-state index in [2.05, 4.69) is 5.32 Å². The normalized spacial score (nSPS) is 21.2. The van der Waals surface area contributed by atoms with Crippen LogP contribution in [0.25, 0.3) is 0 Å². The predicted molar refractivity (Wildman–Crippen MR) is 84.2 cm³/mol. The van der Waals surface area contributed by atoms with Gasteiger partial charge in [-0.3, -0.25) is 4.79 Å². The molecule has 5 heteroatoms. The molecule has 2 saturated heterocycles. The molecule has 118 valence electrons. The average Bonchev–Trinajstić information content (AvgIpc) is 3.24. The van der Waals surface area contributed by atoms with E-state index in [1.165, 1.54) is 0 Å². The maximum absolute atomic E-state index is 12.5. The van der Waals surface area contributed by atoms with Crippen LogP contribution in [0.4, 0.5) is 4.79 Å². The van der Waals surface area contributed by atoms with Crippen LogP contribution in [-0.4, -0.2) is 47.4 Å². The van der Waals surface area contributed by atoms with Crippen molar-refractivity contribution in [3.63, 3.8) is 0 Å². The molecule has 0 bridgehead atoms. The van der Waals surface area contributed by atoms with E-state index >= 15 is 0 Å². The number of rotatable bonds is 3. The molecule has 1 unspecified atom stereocenters. The van der Waals surface area contributed by atoms with Gasteiger partial charge in [-0.05, 0) is 31.2 Å². The van der Waals surface area contributed by atoms with Crippen LogP contribution in [0.2, 0.25) is 0 Å². The smallest absolute Gasteiger partial charge is 0.318 e. The van der Waals surface area contributed by atoms with Gasteiger partial charge in [-0.2, -0.15) is 0 Å². The van der Waals surface area contributed by atoms with E-state index in [1.54, 1.807) is 4.90 Å². The lowest BCUT2D eigenvalue weighted by Crippen LogP contribution is -2.50. The van der Waals surface area contributed by atoms with Crippen molar-refractivity contribution in [2.75, 3.05) is 19.6 Å². The van der Waals surface area contributed by atoms with Crippen LogP contribution < -0.4 is 5.32 Å². The second-order valence-electron chi connectivity index (χ2n) is 6.03. The van der Waals surface area contributed by atoms with Crippen LogP contribution in [0.3, 0.4) is 0 Å². The number of nitrogens with one attached hydrogen (secondary N) is 1. The predicted octanol–water partition coefficient (Wildman–Crippen LogP) is 1.98. The zero-order valence-electron chi connectivity index (χ0n) is 12.8. The number of hydrogen-bond donors (Lipinski definition) is 1. The Morgan fingerprint density at radius 1 is 1.05 bits per heavy atom. The topological polar surface area (TPSA) is 52.7 Å². The van der Waals surface area contributed by atoms with E-state index in [0.717, 1.165) is 44.3 Å². The Morgan fingerprint density at radius 3 is 2.50 bits per heavy atom. The second kappa shape index (κ2) is 6.81. The minimum Gasteiger partial charge on any atom is -0.341 e. The van der Waals surface area contributed by atoms with Gasteiger partial charge in [-0.25, -0.2) is 4.79 Å². The van der Waals surface area contributed by atoms with Gasteiger partial charge in [0.25, 0.3) is 0 Å². The zero-order chi connectivity index (χ0) is 15.4. The largest absolute Gasteiger partial charge is 0.341 e. The summed E-state index contributed by atoms with van der Waals surface area (Å²) < 4.78 is 0. The quantitative estimate of drug-likeness (QED) is 0.928. The van der Waals surface area contributed by atoms with E-state index in [0.29, 0.717) is 13.1 Å². The fourth-order valence-corrected chi connectivity index (χ4v) is 3.29. The van der Waals surface area contributed by atoms with Crippen molar-refractivity contribution in [3.05, 3.63) is 35.9 Å². The van der Waals surface area contributed by atoms with Crippen molar-refractivity contribution in [2.24, 2.45) is 0 Å². The molecule has 1 atom stereocenters. The number of amides is 3. The SMILES string of the molecule is O=C(C1CCCN1C(=O)NCc1ccccc1)N1CCCC1. The van der Waals surface area contributed by atoms with Crippen LogP contribution in [0.5, 0.6) is 0 Å². The van der Waals surface area contributed by atoms with Gasteiger partial charge in [0.05, 0.1) is 0 Å². The Balaban J connectivity index is 1.57. The molecular weight excluding hydrogens is 278 g/mol. The first-order valence-corrected chi connectivity index (χ1v) is 8.13. The molecule has 2 heterocycles. The first-order valence-electron chi connectivity index (χ1n) is 8.13. The summed E-state index contributed by atoms with van der Waals surface area (Å²) in [5, 5.41) is 2.93. The minimum absolute atomic E-state index is 0.126. The molecule has 1 aromatic rings. The summed E-state index contributed by atoms with van der Waals surface area (Å²) in [6.45, 7) is 2.86. The van der Waals surface area contributed by atoms with E-state index in [9.17, 15) is 9.59 Å². The van der Waals surface area contributed by atoms with E-state index in [-0.39, 0.29) is 18.0 Å². The lowest BCUT2D eigenvalue weighted by molar-refractivity contribution is -0.134. The van der Waals surface area contributed by atoms with Crippen LogP contribution in [0.1, 0.15) is 31.2 Å². The minimum atomic E-state index is -0.270. The third-order valence-corrected chi connectivity index (χ3v) is 4.50. The van der Waals surface area contributed by atoms with Gasteiger partial charge in [0, 0.05) is 26.2 Å². The molecular formula is C17H23N3O2. The Labute approximate surface area is 131 Å². The molecule has 0 aliphatic carbocycles. The third kappa shape index (κ3) is 3.24. The summed E-state index contributed by atoms with van der Waals surface area (Å²) in [5.41, 5.74) is 1.07. The highest BCUT2D eigenvalue weighted by Gasteiger charge is 2.37. The highest BCUT2D eigenvalue weighted by atomic mass is 16.2. The van der Waals surface area contributed by atoms with Gasteiger partial charge in [0.15, 0.2) is 0 Å². The Morgan fingerprint density at radius 2 is 1.77 bits per heavy atom. The number of likely N-dealkylation sites (tertiary alicyclic amines) is 2. The monoisotopic (exact) mass is 301 g/mol. The standard InChI is InChI=1S/C17H23N3O2/c21-16(19-10-4-5-11-19)15-9-6-12-20(15)17(22)18-13-14-7-2-1-3-8-14/h1-3,7-8,15H,4-6,9-13H2,(H,18,22). The number of nitrogens with zero attached hydrogens (tertiary/aromatic N) is 2. The summed E-state index contributed by atoms with van der Waals surface area (Å²) in [5.74, 6) is 0.130. The molecule has 3 rings (SSSR count). The number of carbonyl (C=O) groups is 2. The molecule has 0 saturated carbocycles. The van der Waals surface area contributed by atoms with Crippen LogP contribution >= 0.6 is 0 Å². The third-order valence-electron chi connectivity index (χ3n) is 4.50. The van der Waals surface area contributed by atoms with Crippen LogP contribution in [0, 0.1) is 0 Å². The average molecular weight is 301 g/mol. The van der Waals surface area contributed by atoms with Gasteiger partial charge in [0.2, 0.25) is 5.91 Å². The van der Waals surface area contributed by atoms with Crippen molar-refractivity contribution in [1.29, 1.82) is 0 Å². The molecule has 2 fully saturated rings. The molecule has 3 amide bonds. The Bertz CT molecular complexity index is 526. The number of benzene rings is 1. The van der Waals surface area contributed by atoms with Gasteiger partial charge >= 0.3 is 6.03 Å². The first-order chi connectivity index (χ1) is 10.8. The van der Waals surface area contributed by atoms with E-state index in [1.807, 2.05) is 35.2 Å². The van der Waals surface area contributed by atoms with Crippen molar-refractivity contribution in [3.8, 4) is 0 Å². The number of carbonyl (C=O) groups excluding carboxylic acids is 2. The summed E-state index contributed by atoms with van der Waals surface area (Å²) in [7, 11) is 0. The Kier molecular flexibility index (Phi) is 4.61. The summed E-state index contributed by atoms with van der Waals surface area (Å²) in [6.07, 6.45) is 3.86. The second-order valence-corrected chi connectivity index (χ2v) is 6.03. The molecule has 2 aliphatic rings. The van der Waals surface area contributed by atoms with Crippen molar-refractivity contribution < 1.29 is 9.59 Å². The van der Waals surface area contributed by atoms with E-state index in [4.69, 9.17) is 0 Å². The van der Waals surface area contributed by atoms with Crippen molar-refractivity contribution >= 4 is 11.9 Å². The van der Waals surface area contributed by atoms with Crippen LogP contribution in [0.15, 0.2) is 30.3 Å². The van der Waals surface area contributed by atoms with Gasteiger partial charge in [-0.1, -0.05) is 30.3 Å². The summed E-state index contributed by atoms with van der Waals surface area (Å²) in [6, 6.07) is 9.44. The lowest BCUT2D eigenvalue weighted by Gasteiger charge is -2.27. The molecule has 0 radical (unpaired) electrons. The molecule has 5 nitrogen and oxygen atoms in total. The molecule has 1 N–H and O–H groups in total. The lowest BCUT2D eigenvalue weighted by atomic mass is 10.2. The summed E-state index contributed by atoms with van der Waals surface area (Å²) in [4.78, 5) is 28.6. The summed E-state index contributed by atoms with van der Waals surface area (Å²) >= 11 is 0. The highest BCUT2D eigenvalue weighted by Crippen LogP contribution is 2.21. The molecule has 1 aromatic carbocycles. The fourth-order valence-electron chi connectivity index (χ4n) is 3.29. The van der Waals surface area contributed by atoms with Gasteiger partial charge in [-0.15, -0.1) is 0 Å². The molecule has 22 heavy (non-hydrogen) atoms. The highest BCUT2D eigenvalue weighted by molar-refractivity contribution is 5.87. The van der Waals surface area contributed by atoms with Gasteiger partial charge in [0.1, 0.15) is 6.04 Å². The first kappa shape index (κ1) is 14.9. The van der Waals surface area contributed by atoms with Crippen molar-refractivity contribution in [2.45, 2.75) is 38.3 Å². The fraction of sp³-hybridized carbons (Fsp3) is 0.529. The van der Waals surface area contributed by atoms with Gasteiger partial charge < -0.3 is 15.1 Å². The number of hydrogen-bond acceptors (Lipinski definition) is 2. The zero-order valence-corrected chi connectivity index (χ0v) is 12.8. The maximum atomic E-state index is 12.5. The molecule has 2 aliphatic heterocycles.